The molecule has 1 atom stereocenters. The number of hydrogen-bond donors (Lipinski definition) is 0. The molecule has 1 unspecified atom stereocenters. The number of pyridine rings is 2. The molecule has 1 fully saturated rings. The summed E-state index contributed by atoms with van der Waals surface area (Å²) >= 11 is 7.63. The topological polar surface area (TPSA) is 63.4 Å². The smallest absolute Gasteiger partial charge is 0.254 e. The van der Waals surface area contributed by atoms with E-state index in [-0.39, 0.29) is 11.8 Å². The van der Waals surface area contributed by atoms with E-state index >= 15 is 0 Å². The molecule has 5 aromatic rings. The SMILES string of the molecule is O=C(c1cc(-c2ccc(Cl)s2)nc2ccccc12)N1CCCC(c2nnc3ccccn23)C1. The molecule has 0 aliphatic carbocycles. The fraction of sp³-hybridized carbons (Fsp3) is 0.200. The van der Waals surface area contributed by atoms with Gasteiger partial charge < -0.3 is 4.90 Å². The monoisotopic (exact) mass is 473 g/mol. The van der Waals surface area contributed by atoms with Gasteiger partial charge in [0.1, 0.15) is 5.82 Å². The van der Waals surface area contributed by atoms with E-state index in [9.17, 15) is 4.79 Å². The minimum atomic E-state index is 0.0241. The highest BCUT2D eigenvalue weighted by molar-refractivity contribution is 7.19. The fourth-order valence-electron chi connectivity index (χ4n) is 4.61. The Morgan fingerprint density at radius 3 is 2.82 bits per heavy atom. The van der Waals surface area contributed by atoms with Gasteiger partial charge in [-0.1, -0.05) is 35.9 Å². The highest BCUT2D eigenvalue weighted by Crippen LogP contribution is 2.33. The summed E-state index contributed by atoms with van der Waals surface area (Å²) in [5.41, 5.74) is 3.08. The van der Waals surface area contributed by atoms with Crippen LogP contribution < -0.4 is 0 Å². The molecule has 1 aliphatic rings. The van der Waals surface area contributed by atoms with Crippen molar-refractivity contribution in [3.05, 3.63) is 82.6 Å². The van der Waals surface area contributed by atoms with Crippen molar-refractivity contribution in [2.45, 2.75) is 18.8 Å². The number of thiophene rings is 1. The lowest BCUT2D eigenvalue weighted by Crippen LogP contribution is -2.39. The maximum absolute atomic E-state index is 13.8. The Hall–Kier alpha value is -3.29. The molecule has 4 aromatic heterocycles. The van der Waals surface area contributed by atoms with Crippen LogP contribution in [0.25, 0.3) is 27.1 Å². The second kappa shape index (κ2) is 8.24. The average Bonchev–Trinajstić information content (AvgIpc) is 3.49. The van der Waals surface area contributed by atoms with Crippen molar-refractivity contribution in [2.24, 2.45) is 0 Å². The molecule has 0 N–H and O–H groups in total. The number of amides is 1. The van der Waals surface area contributed by atoms with E-state index in [1.54, 1.807) is 0 Å². The number of likely N-dealkylation sites (tertiary alicyclic amines) is 1. The van der Waals surface area contributed by atoms with Crippen LogP contribution in [0.3, 0.4) is 0 Å². The van der Waals surface area contributed by atoms with Crippen LogP contribution in [0.1, 0.15) is 34.9 Å². The Bertz CT molecular complexity index is 1490. The van der Waals surface area contributed by atoms with E-state index < -0.39 is 0 Å². The number of halogens is 1. The number of carbonyl (C=O) groups excluding carboxylic acids is 1. The highest BCUT2D eigenvalue weighted by Gasteiger charge is 2.29. The van der Waals surface area contributed by atoms with E-state index in [1.165, 1.54) is 11.3 Å². The third-order valence-corrected chi connectivity index (χ3v) is 7.44. The first-order valence-electron chi connectivity index (χ1n) is 10.9. The van der Waals surface area contributed by atoms with Crippen LogP contribution in [-0.2, 0) is 0 Å². The maximum atomic E-state index is 13.8. The number of benzene rings is 1. The van der Waals surface area contributed by atoms with E-state index in [1.807, 2.05) is 76.2 Å². The highest BCUT2D eigenvalue weighted by atomic mass is 35.5. The van der Waals surface area contributed by atoms with Crippen molar-refractivity contribution >= 4 is 45.4 Å². The second-order valence-corrected chi connectivity index (χ2v) is 9.97. The number of aromatic nitrogens is 4. The van der Waals surface area contributed by atoms with Crippen molar-refractivity contribution in [2.75, 3.05) is 13.1 Å². The second-order valence-electron chi connectivity index (χ2n) is 8.25. The predicted molar refractivity (Wildman–Crippen MR) is 131 cm³/mol. The molecule has 6 nitrogen and oxygen atoms in total. The van der Waals surface area contributed by atoms with Crippen LogP contribution in [-0.4, -0.2) is 43.5 Å². The van der Waals surface area contributed by atoms with E-state index in [2.05, 4.69) is 10.2 Å². The van der Waals surface area contributed by atoms with E-state index in [4.69, 9.17) is 16.6 Å². The standard InChI is InChI=1S/C25H20ClN5OS/c26-22-11-10-21(33-22)20-14-18(17-7-1-2-8-19(17)27-20)25(32)30-12-5-6-16(15-30)24-29-28-23-9-3-4-13-31(23)24/h1-4,7-11,13-14,16H,5-6,12,15H2. The Balaban J connectivity index is 1.37. The van der Waals surface area contributed by atoms with E-state index in [0.717, 1.165) is 52.3 Å². The van der Waals surface area contributed by atoms with Gasteiger partial charge in [-0.05, 0) is 49.2 Å². The Morgan fingerprint density at radius 2 is 1.94 bits per heavy atom. The molecule has 6 rings (SSSR count). The minimum absolute atomic E-state index is 0.0241. The third kappa shape index (κ3) is 3.67. The van der Waals surface area contributed by atoms with Crippen molar-refractivity contribution in [1.82, 2.24) is 24.5 Å². The molecule has 1 saturated heterocycles. The summed E-state index contributed by atoms with van der Waals surface area (Å²) < 4.78 is 2.73. The molecule has 0 saturated carbocycles. The molecule has 1 aromatic carbocycles. The van der Waals surface area contributed by atoms with Crippen LogP contribution in [0.5, 0.6) is 0 Å². The fourth-order valence-corrected chi connectivity index (χ4v) is 5.62. The van der Waals surface area contributed by atoms with Crippen molar-refractivity contribution in [3.8, 4) is 10.6 Å². The Labute approximate surface area is 199 Å². The van der Waals surface area contributed by atoms with Gasteiger partial charge in [0.2, 0.25) is 0 Å². The van der Waals surface area contributed by atoms with Gasteiger partial charge in [0.05, 0.1) is 26.0 Å². The van der Waals surface area contributed by atoms with Gasteiger partial charge in [-0.15, -0.1) is 21.5 Å². The van der Waals surface area contributed by atoms with Crippen LogP contribution in [0.2, 0.25) is 4.34 Å². The minimum Gasteiger partial charge on any atom is -0.338 e. The Kier molecular flexibility index (Phi) is 5.08. The first-order chi connectivity index (χ1) is 16.2. The van der Waals surface area contributed by atoms with Crippen LogP contribution in [0, 0.1) is 0 Å². The molecule has 8 heteroatoms. The summed E-state index contributed by atoms with van der Waals surface area (Å²) in [6, 6.07) is 19.4. The van der Waals surface area contributed by atoms with Gasteiger partial charge in [0, 0.05) is 30.6 Å². The van der Waals surface area contributed by atoms with E-state index in [0.29, 0.717) is 16.4 Å². The molecular formula is C25H20ClN5OS. The lowest BCUT2D eigenvalue weighted by Gasteiger charge is -2.32. The van der Waals surface area contributed by atoms with Gasteiger partial charge in [-0.25, -0.2) is 4.98 Å². The maximum Gasteiger partial charge on any atom is 0.254 e. The quantitative estimate of drug-likeness (QED) is 0.338. The number of nitrogens with zero attached hydrogens (tertiary/aromatic N) is 5. The third-order valence-electron chi connectivity index (χ3n) is 6.19. The normalized spacial score (nSPS) is 16.5. The molecule has 1 aliphatic heterocycles. The molecule has 164 valence electrons. The van der Waals surface area contributed by atoms with Gasteiger partial charge >= 0.3 is 0 Å². The number of hydrogen-bond acceptors (Lipinski definition) is 5. The lowest BCUT2D eigenvalue weighted by atomic mass is 9.96. The molecule has 0 spiro atoms. The van der Waals surface area contributed by atoms with Gasteiger partial charge in [-0.3, -0.25) is 9.20 Å². The van der Waals surface area contributed by atoms with Gasteiger partial charge in [-0.2, -0.15) is 0 Å². The molecule has 0 bridgehead atoms. The molecule has 33 heavy (non-hydrogen) atoms. The lowest BCUT2D eigenvalue weighted by molar-refractivity contribution is 0.0706. The molecule has 5 heterocycles. The van der Waals surface area contributed by atoms with Crippen molar-refractivity contribution in [1.29, 1.82) is 0 Å². The Morgan fingerprint density at radius 1 is 1.06 bits per heavy atom. The summed E-state index contributed by atoms with van der Waals surface area (Å²) in [5, 5.41) is 9.61. The largest absolute Gasteiger partial charge is 0.338 e. The average molecular weight is 474 g/mol. The van der Waals surface area contributed by atoms with Crippen LogP contribution in [0.15, 0.2) is 66.9 Å². The zero-order valence-electron chi connectivity index (χ0n) is 17.7. The number of fused-ring (bicyclic) bond motifs is 2. The number of piperidine rings is 1. The number of para-hydroxylation sites is 1. The first kappa shape index (κ1) is 20.3. The summed E-state index contributed by atoms with van der Waals surface area (Å²) in [4.78, 5) is 21.5. The van der Waals surface area contributed by atoms with Crippen LogP contribution >= 0.6 is 22.9 Å². The van der Waals surface area contributed by atoms with Gasteiger partial charge in [0.25, 0.3) is 5.91 Å². The summed E-state index contributed by atoms with van der Waals surface area (Å²) in [6.45, 7) is 1.34. The zero-order valence-corrected chi connectivity index (χ0v) is 19.3. The summed E-state index contributed by atoms with van der Waals surface area (Å²) in [7, 11) is 0. The zero-order chi connectivity index (χ0) is 22.4. The molecular weight excluding hydrogens is 454 g/mol. The predicted octanol–water partition coefficient (Wildman–Crippen LogP) is 5.68. The summed E-state index contributed by atoms with van der Waals surface area (Å²) in [5.74, 6) is 1.08. The molecule has 1 amide bonds. The van der Waals surface area contributed by atoms with Gasteiger partial charge in [0.15, 0.2) is 5.65 Å². The van der Waals surface area contributed by atoms with Crippen LogP contribution in [0.4, 0.5) is 0 Å². The molecule has 0 radical (unpaired) electrons. The van der Waals surface area contributed by atoms with Crippen molar-refractivity contribution < 1.29 is 4.79 Å². The first-order valence-corrected chi connectivity index (χ1v) is 12.1. The summed E-state index contributed by atoms with van der Waals surface area (Å²) in [6.07, 6.45) is 3.89. The number of rotatable bonds is 3. The number of carbonyl (C=O) groups is 1. The van der Waals surface area contributed by atoms with Crippen molar-refractivity contribution in [3.63, 3.8) is 0 Å².